The molecule has 7 nitrogen and oxygen atoms in total. The van der Waals surface area contributed by atoms with Crippen LogP contribution in [0.2, 0.25) is 5.02 Å². The van der Waals surface area contributed by atoms with Gasteiger partial charge in [0.25, 0.3) is 5.91 Å². The summed E-state index contributed by atoms with van der Waals surface area (Å²) in [6.07, 6.45) is 5.36. The molecule has 2 aromatic heterocycles. The molecule has 2 aliphatic heterocycles. The maximum Gasteiger partial charge on any atom is 0.274 e. The molecular weight excluding hydrogens is 390 g/mol. The zero-order valence-corrected chi connectivity index (χ0v) is 16.4. The zero-order chi connectivity index (χ0) is 20.2. The molecule has 4 heterocycles. The molecule has 2 unspecified atom stereocenters. The number of nitrogens with one attached hydrogen (secondary N) is 1. The summed E-state index contributed by atoms with van der Waals surface area (Å²) < 4.78 is 1.47. The Hall–Kier alpha value is -3.19. The Bertz CT molecular complexity index is 1110. The van der Waals surface area contributed by atoms with E-state index >= 15 is 0 Å². The number of aryl methyl sites for hydroxylation is 1. The molecular formula is C21H18ClN5O2. The van der Waals surface area contributed by atoms with Crippen LogP contribution in [0, 0.1) is 0 Å². The summed E-state index contributed by atoms with van der Waals surface area (Å²) in [5, 5.41) is 7.39. The summed E-state index contributed by atoms with van der Waals surface area (Å²) in [6.45, 7) is 0.418. The minimum atomic E-state index is -0.875. The Morgan fingerprint density at radius 3 is 2.79 bits per heavy atom. The molecule has 1 N–H and O–H groups in total. The number of carbonyl (C=O) groups excluding carboxylic acids is 2. The molecule has 29 heavy (non-hydrogen) atoms. The number of para-hydroxylation sites is 1. The van der Waals surface area contributed by atoms with Crippen LogP contribution in [0.15, 0.2) is 55.0 Å². The second-order valence-electron chi connectivity index (χ2n) is 7.37. The highest BCUT2D eigenvalue weighted by molar-refractivity contribution is 6.33. The number of fused-ring (bicyclic) bond motifs is 2. The van der Waals surface area contributed by atoms with E-state index < -0.39 is 11.5 Å². The van der Waals surface area contributed by atoms with Gasteiger partial charge in [-0.2, -0.15) is 5.10 Å². The van der Waals surface area contributed by atoms with Gasteiger partial charge in [0.05, 0.1) is 17.3 Å². The number of pyridine rings is 1. The SMILES string of the molecule is Cn1ncc(Cl)c1C(=O)N1CCC2(C(=O)Nc3ccccc32)C1c1cccnc1. The van der Waals surface area contributed by atoms with Gasteiger partial charge in [-0.1, -0.05) is 35.9 Å². The van der Waals surface area contributed by atoms with Crippen LogP contribution in [0.3, 0.4) is 0 Å². The molecule has 1 saturated heterocycles. The van der Waals surface area contributed by atoms with Gasteiger partial charge in [0.1, 0.15) is 11.1 Å². The number of likely N-dealkylation sites (tertiary alicyclic amines) is 1. The summed E-state index contributed by atoms with van der Waals surface area (Å²) in [5.41, 5.74) is 1.94. The third kappa shape index (κ3) is 2.43. The molecule has 0 bridgehead atoms. The summed E-state index contributed by atoms with van der Waals surface area (Å²) in [7, 11) is 1.68. The van der Waals surface area contributed by atoms with Gasteiger partial charge in [-0.25, -0.2) is 0 Å². The minimum absolute atomic E-state index is 0.0982. The highest BCUT2D eigenvalue weighted by Crippen LogP contribution is 2.54. The summed E-state index contributed by atoms with van der Waals surface area (Å²) in [4.78, 5) is 32.8. The Labute approximate surface area is 172 Å². The molecule has 146 valence electrons. The molecule has 2 aliphatic rings. The molecule has 8 heteroatoms. The van der Waals surface area contributed by atoms with E-state index in [0.717, 1.165) is 16.8 Å². The van der Waals surface area contributed by atoms with Crippen LogP contribution in [0.5, 0.6) is 0 Å². The quantitative estimate of drug-likeness (QED) is 0.708. The normalized spacial score (nSPS) is 22.8. The lowest BCUT2D eigenvalue weighted by molar-refractivity contribution is -0.121. The number of hydrogen-bond acceptors (Lipinski definition) is 4. The number of anilines is 1. The van der Waals surface area contributed by atoms with Crippen molar-refractivity contribution in [2.24, 2.45) is 7.05 Å². The lowest BCUT2D eigenvalue weighted by atomic mass is 9.73. The van der Waals surface area contributed by atoms with E-state index in [1.165, 1.54) is 10.9 Å². The van der Waals surface area contributed by atoms with E-state index in [9.17, 15) is 9.59 Å². The van der Waals surface area contributed by atoms with Gasteiger partial charge in [-0.15, -0.1) is 0 Å². The predicted octanol–water partition coefficient (Wildman–Crippen LogP) is 2.95. The Morgan fingerprint density at radius 1 is 1.24 bits per heavy atom. The first kappa shape index (κ1) is 17.9. The van der Waals surface area contributed by atoms with E-state index in [2.05, 4.69) is 15.4 Å². The molecule has 2 amide bonds. The molecule has 2 atom stereocenters. The van der Waals surface area contributed by atoms with Crippen molar-refractivity contribution in [1.82, 2.24) is 19.7 Å². The number of carbonyl (C=O) groups is 2. The third-order valence-corrected chi connectivity index (χ3v) is 6.22. The number of aromatic nitrogens is 3. The van der Waals surface area contributed by atoms with E-state index in [4.69, 9.17) is 11.6 Å². The van der Waals surface area contributed by atoms with Crippen LogP contribution in [-0.4, -0.2) is 38.0 Å². The first-order valence-corrected chi connectivity index (χ1v) is 9.71. The number of nitrogens with zero attached hydrogens (tertiary/aromatic N) is 4. The number of halogens is 1. The van der Waals surface area contributed by atoms with E-state index in [-0.39, 0.29) is 11.8 Å². The van der Waals surface area contributed by atoms with Crippen LogP contribution >= 0.6 is 11.6 Å². The van der Waals surface area contributed by atoms with E-state index in [1.54, 1.807) is 24.3 Å². The predicted molar refractivity (Wildman–Crippen MR) is 108 cm³/mol. The zero-order valence-electron chi connectivity index (χ0n) is 15.7. The van der Waals surface area contributed by atoms with E-state index in [0.29, 0.717) is 23.7 Å². The van der Waals surface area contributed by atoms with Crippen LogP contribution in [0.4, 0.5) is 5.69 Å². The lowest BCUT2D eigenvalue weighted by Crippen LogP contribution is -2.43. The van der Waals surface area contributed by atoms with Crippen molar-refractivity contribution in [2.75, 3.05) is 11.9 Å². The number of amides is 2. The van der Waals surface area contributed by atoms with Gasteiger partial charge < -0.3 is 10.2 Å². The third-order valence-electron chi connectivity index (χ3n) is 5.94. The highest BCUT2D eigenvalue weighted by Gasteiger charge is 2.59. The first-order chi connectivity index (χ1) is 14.0. The van der Waals surface area contributed by atoms with Crippen molar-refractivity contribution >= 4 is 29.1 Å². The van der Waals surface area contributed by atoms with Crippen LogP contribution in [-0.2, 0) is 17.3 Å². The largest absolute Gasteiger partial charge is 0.329 e. The highest BCUT2D eigenvalue weighted by atomic mass is 35.5. The topological polar surface area (TPSA) is 80.1 Å². The maximum absolute atomic E-state index is 13.5. The Balaban J connectivity index is 1.69. The second kappa shape index (κ2) is 6.42. The molecule has 0 radical (unpaired) electrons. The molecule has 0 aliphatic carbocycles. The number of hydrogen-bond donors (Lipinski definition) is 1. The number of rotatable bonds is 2. The summed E-state index contributed by atoms with van der Waals surface area (Å²) in [6, 6.07) is 10.9. The van der Waals surface area contributed by atoms with Gasteiger partial charge >= 0.3 is 0 Å². The standard InChI is InChI=1S/C21H18ClN5O2/c1-26-17(15(22)12-24-26)19(28)27-10-8-21(18(27)13-5-4-9-23-11-13)14-6-2-3-7-16(14)25-20(21)29/h2-7,9,11-12,18H,8,10H2,1H3,(H,25,29). The van der Waals surface area contributed by atoms with E-state index in [1.807, 2.05) is 36.4 Å². The van der Waals surface area contributed by atoms with Crippen molar-refractivity contribution < 1.29 is 9.59 Å². The fourth-order valence-electron chi connectivity index (χ4n) is 4.69. The van der Waals surface area contributed by atoms with Crippen molar-refractivity contribution in [3.63, 3.8) is 0 Å². The minimum Gasteiger partial charge on any atom is -0.329 e. The summed E-state index contributed by atoms with van der Waals surface area (Å²) in [5.74, 6) is -0.350. The van der Waals surface area contributed by atoms with Gasteiger partial charge in [0.15, 0.2) is 0 Å². The Kier molecular flexibility index (Phi) is 3.96. The van der Waals surface area contributed by atoms with Crippen molar-refractivity contribution in [3.05, 3.63) is 76.8 Å². The van der Waals surface area contributed by atoms with Crippen molar-refractivity contribution in [1.29, 1.82) is 0 Å². The summed E-state index contributed by atoms with van der Waals surface area (Å²) >= 11 is 6.25. The number of benzene rings is 1. The first-order valence-electron chi connectivity index (χ1n) is 9.33. The van der Waals surface area contributed by atoms with Gasteiger partial charge in [-0.3, -0.25) is 19.3 Å². The molecule has 0 saturated carbocycles. The van der Waals surface area contributed by atoms with Gasteiger partial charge in [0.2, 0.25) is 5.91 Å². The van der Waals surface area contributed by atoms with Gasteiger partial charge in [0, 0.05) is 31.7 Å². The maximum atomic E-state index is 13.5. The average Bonchev–Trinajstić information content (AvgIpc) is 3.38. The molecule has 1 spiro atoms. The van der Waals surface area contributed by atoms with Crippen LogP contribution in [0.1, 0.15) is 34.1 Å². The monoisotopic (exact) mass is 407 g/mol. The molecule has 5 rings (SSSR count). The fourth-order valence-corrected chi connectivity index (χ4v) is 4.94. The van der Waals surface area contributed by atoms with Crippen molar-refractivity contribution in [3.8, 4) is 0 Å². The average molecular weight is 408 g/mol. The molecule has 3 aromatic rings. The van der Waals surface area contributed by atoms with Gasteiger partial charge in [-0.05, 0) is 29.7 Å². The molecule has 1 aromatic carbocycles. The van der Waals surface area contributed by atoms with Crippen LogP contribution < -0.4 is 5.32 Å². The molecule has 1 fully saturated rings. The smallest absolute Gasteiger partial charge is 0.274 e. The second-order valence-corrected chi connectivity index (χ2v) is 7.78. The Morgan fingerprint density at radius 2 is 2.07 bits per heavy atom. The fraction of sp³-hybridized carbons (Fsp3) is 0.238. The van der Waals surface area contributed by atoms with Crippen molar-refractivity contribution in [2.45, 2.75) is 17.9 Å². The lowest BCUT2D eigenvalue weighted by Gasteiger charge is -2.34. The van der Waals surface area contributed by atoms with Crippen LogP contribution in [0.25, 0.3) is 0 Å².